The zero-order chi connectivity index (χ0) is 24.5. The van der Waals surface area contributed by atoms with Gasteiger partial charge >= 0.3 is 0 Å². The smallest absolute Gasteiger partial charge is 0.296 e. The van der Waals surface area contributed by atoms with Gasteiger partial charge in [-0.25, -0.2) is 0 Å². The number of hydrogen-bond donors (Lipinski definition) is 1. The number of Topliss-reactive ketones (excluding diaryl/α,β-unsaturated/α-hetero) is 1. The number of ether oxygens (including phenoxy) is 2. The van der Waals surface area contributed by atoms with Gasteiger partial charge in [0.2, 0.25) is 0 Å². The van der Waals surface area contributed by atoms with Crippen LogP contribution in [0.5, 0.6) is 11.5 Å². The van der Waals surface area contributed by atoms with Crippen LogP contribution in [0.3, 0.4) is 0 Å². The molecule has 8 heteroatoms. The Labute approximate surface area is 203 Å². The van der Waals surface area contributed by atoms with E-state index in [1.165, 1.54) is 4.90 Å². The second-order valence-corrected chi connectivity index (χ2v) is 8.47. The van der Waals surface area contributed by atoms with Gasteiger partial charge in [-0.2, -0.15) is 0 Å². The van der Waals surface area contributed by atoms with Gasteiger partial charge in [0.15, 0.2) is 0 Å². The number of fused-ring (bicyclic) bond motifs is 1. The first kappa shape index (κ1) is 22.5. The molecule has 1 aromatic heterocycles. The summed E-state index contributed by atoms with van der Waals surface area (Å²) in [4.78, 5) is 34.3. The second-order valence-electron chi connectivity index (χ2n) is 8.47. The third-order valence-corrected chi connectivity index (χ3v) is 6.36. The van der Waals surface area contributed by atoms with Crippen molar-refractivity contribution in [2.75, 3.05) is 32.2 Å². The van der Waals surface area contributed by atoms with Gasteiger partial charge in [0.25, 0.3) is 11.7 Å². The van der Waals surface area contributed by atoms with Crippen LogP contribution in [0.25, 0.3) is 5.76 Å². The SMILES string of the molecule is COc1ccc(C2/C(=C(/O)c3ccc4c(c3)N(C)CCO4)C(=O)C(=O)N2Cc2ccccn2)cc1. The minimum atomic E-state index is -0.784. The van der Waals surface area contributed by atoms with Crippen molar-refractivity contribution < 1.29 is 24.2 Å². The van der Waals surface area contributed by atoms with Crippen molar-refractivity contribution in [3.05, 3.63) is 89.3 Å². The third-order valence-electron chi connectivity index (χ3n) is 6.36. The summed E-state index contributed by atoms with van der Waals surface area (Å²) in [6, 6.07) is 17.0. The van der Waals surface area contributed by atoms with E-state index in [4.69, 9.17) is 9.47 Å². The molecule has 1 saturated heterocycles. The molecular weight excluding hydrogens is 446 g/mol. The zero-order valence-corrected chi connectivity index (χ0v) is 19.5. The van der Waals surface area contributed by atoms with E-state index < -0.39 is 17.7 Å². The van der Waals surface area contributed by atoms with Crippen LogP contribution >= 0.6 is 0 Å². The monoisotopic (exact) mass is 471 g/mol. The zero-order valence-electron chi connectivity index (χ0n) is 19.5. The molecule has 0 radical (unpaired) electrons. The van der Waals surface area contributed by atoms with Crippen LogP contribution in [0.4, 0.5) is 5.69 Å². The molecule has 35 heavy (non-hydrogen) atoms. The second kappa shape index (κ2) is 9.13. The average molecular weight is 472 g/mol. The number of carbonyl (C=O) groups excluding carboxylic acids is 2. The molecule has 1 N–H and O–H groups in total. The lowest BCUT2D eigenvalue weighted by Crippen LogP contribution is -2.29. The van der Waals surface area contributed by atoms with E-state index in [-0.39, 0.29) is 17.9 Å². The van der Waals surface area contributed by atoms with E-state index in [0.29, 0.717) is 41.5 Å². The fourth-order valence-electron chi connectivity index (χ4n) is 4.50. The normalized spacial score (nSPS) is 18.9. The summed E-state index contributed by atoms with van der Waals surface area (Å²) < 4.78 is 11.0. The number of likely N-dealkylation sites (tertiary alicyclic amines) is 1. The van der Waals surface area contributed by atoms with Crippen molar-refractivity contribution in [3.63, 3.8) is 0 Å². The molecule has 5 rings (SSSR count). The van der Waals surface area contributed by atoms with Gasteiger partial charge in [0.05, 0.1) is 43.2 Å². The maximum Gasteiger partial charge on any atom is 0.296 e. The number of aromatic nitrogens is 1. The van der Waals surface area contributed by atoms with E-state index in [1.807, 2.05) is 18.0 Å². The fraction of sp³-hybridized carbons (Fsp3) is 0.222. The lowest BCUT2D eigenvalue weighted by atomic mass is 9.95. The minimum Gasteiger partial charge on any atom is -0.507 e. The van der Waals surface area contributed by atoms with Gasteiger partial charge in [-0.3, -0.25) is 14.6 Å². The van der Waals surface area contributed by atoms with Crippen LogP contribution in [-0.4, -0.2) is 54.0 Å². The molecule has 1 unspecified atom stereocenters. The number of aliphatic hydroxyl groups excluding tert-OH is 1. The van der Waals surface area contributed by atoms with E-state index in [2.05, 4.69) is 4.98 Å². The summed E-state index contributed by atoms with van der Waals surface area (Å²) in [6.45, 7) is 1.40. The predicted octanol–water partition coefficient (Wildman–Crippen LogP) is 3.54. The van der Waals surface area contributed by atoms with Gasteiger partial charge in [-0.15, -0.1) is 0 Å². The van der Waals surface area contributed by atoms with Crippen molar-refractivity contribution in [1.29, 1.82) is 0 Å². The van der Waals surface area contributed by atoms with Gasteiger partial charge in [0.1, 0.15) is 23.9 Å². The topological polar surface area (TPSA) is 92.2 Å². The lowest BCUT2D eigenvalue weighted by molar-refractivity contribution is -0.140. The molecule has 1 fully saturated rings. The molecule has 0 spiro atoms. The van der Waals surface area contributed by atoms with Gasteiger partial charge < -0.3 is 24.4 Å². The number of hydrogen-bond acceptors (Lipinski definition) is 7. The molecule has 2 aliphatic heterocycles. The Morgan fingerprint density at radius 2 is 1.94 bits per heavy atom. The Kier molecular flexibility index (Phi) is 5.86. The largest absolute Gasteiger partial charge is 0.507 e. The Morgan fingerprint density at radius 1 is 1.14 bits per heavy atom. The highest BCUT2D eigenvalue weighted by Crippen LogP contribution is 2.42. The summed E-state index contributed by atoms with van der Waals surface area (Å²) >= 11 is 0. The van der Waals surface area contributed by atoms with Crippen LogP contribution in [0.2, 0.25) is 0 Å². The molecule has 178 valence electrons. The third kappa shape index (κ3) is 4.07. The number of nitrogens with zero attached hydrogens (tertiary/aromatic N) is 3. The first-order valence-electron chi connectivity index (χ1n) is 11.3. The highest BCUT2D eigenvalue weighted by atomic mass is 16.5. The van der Waals surface area contributed by atoms with Crippen molar-refractivity contribution in [2.45, 2.75) is 12.6 Å². The van der Waals surface area contributed by atoms with Crippen LogP contribution in [0.15, 0.2) is 72.4 Å². The molecule has 0 bridgehead atoms. The molecule has 3 heterocycles. The van der Waals surface area contributed by atoms with Crippen LogP contribution in [0.1, 0.15) is 22.9 Å². The first-order valence-corrected chi connectivity index (χ1v) is 11.3. The molecule has 0 aliphatic carbocycles. The summed E-state index contributed by atoms with van der Waals surface area (Å²) in [5.74, 6) is -0.293. The number of rotatable bonds is 5. The Bertz CT molecular complexity index is 1300. The molecule has 1 atom stereocenters. The van der Waals surface area contributed by atoms with E-state index >= 15 is 0 Å². The van der Waals surface area contributed by atoms with Crippen molar-refractivity contribution in [1.82, 2.24) is 9.88 Å². The summed E-state index contributed by atoms with van der Waals surface area (Å²) in [6.07, 6.45) is 1.64. The van der Waals surface area contributed by atoms with E-state index in [9.17, 15) is 14.7 Å². The van der Waals surface area contributed by atoms with Crippen molar-refractivity contribution >= 4 is 23.1 Å². The van der Waals surface area contributed by atoms with Crippen molar-refractivity contribution in [3.8, 4) is 11.5 Å². The number of likely N-dealkylation sites (N-methyl/N-ethyl adjacent to an activating group) is 1. The Balaban J connectivity index is 1.63. The predicted molar refractivity (Wildman–Crippen MR) is 130 cm³/mol. The van der Waals surface area contributed by atoms with Crippen LogP contribution in [-0.2, 0) is 16.1 Å². The summed E-state index contributed by atoms with van der Waals surface area (Å²) in [5, 5.41) is 11.4. The number of pyridine rings is 1. The highest BCUT2D eigenvalue weighted by Gasteiger charge is 2.46. The number of benzene rings is 2. The number of aliphatic hydroxyl groups is 1. The Hall–Kier alpha value is -4.33. The number of methoxy groups -OCH3 is 1. The van der Waals surface area contributed by atoms with Gasteiger partial charge in [-0.05, 0) is 48.0 Å². The lowest BCUT2D eigenvalue weighted by Gasteiger charge is -2.28. The molecule has 0 saturated carbocycles. The number of carbonyl (C=O) groups is 2. The van der Waals surface area contributed by atoms with Crippen LogP contribution in [0, 0.1) is 0 Å². The number of amides is 1. The first-order chi connectivity index (χ1) is 17.0. The Morgan fingerprint density at radius 3 is 2.66 bits per heavy atom. The quantitative estimate of drug-likeness (QED) is 0.346. The summed E-state index contributed by atoms with van der Waals surface area (Å²) in [5.41, 5.74) is 2.61. The average Bonchev–Trinajstić information content (AvgIpc) is 3.14. The molecule has 1 amide bonds. The van der Waals surface area contributed by atoms with E-state index in [0.717, 1.165) is 5.69 Å². The number of anilines is 1. The van der Waals surface area contributed by atoms with E-state index in [1.54, 1.807) is 67.9 Å². The van der Waals surface area contributed by atoms with Gasteiger partial charge in [-0.1, -0.05) is 18.2 Å². The standard InChI is InChI=1S/C27H25N3O5/c1-29-13-14-35-22-11-8-18(15-21(22)29)25(31)23-24(17-6-9-20(34-2)10-7-17)30(27(33)26(23)32)16-19-5-3-4-12-28-19/h3-12,15,24,31H,13-14,16H2,1-2H3/b25-23-. The fourth-order valence-corrected chi connectivity index (χ4v) is 4.50. The molecule has 8 nitrogen and oxygen atoms in total. The molecule has 2 aliphatic rings. The van der Waals surface area contributed by atoms with Crippen molar-refractivity contribution in [2.24, 2.45) is 0 Å². The number of ketones is 1. The maximum atomic E-state index is 13.3. The molecule has 3 aromatic rings. The highest BCUT2D eigenvalue weighted by molar-refractivity contribution is 6.46. The molecular formula is C27H25N3O5. The summed E-state index contributed by atoms with van der Waals surface area (Å²) in [7, 11) is 3.51. The minimum absolute atomic E-state index is 0.0374. The van der Waals surface area contributed by atoms with Gasteiger partial charge in [0, 0.05) is 18.8 Å². The molecule has 2 aromatic carbocycles. The maximum absolute atomic E-state index is 13.3. The van der Waals surface area contributed by atoms with Crippen LogP contribution < -0.4 is 14.4 Å².